The average molecular weight is 188 g/mol. The van der Waals surface area contributed by atoms with Crippen LogP contribution in [-0.4, -0.2) is 28.2 Å². The maximum absolute atomic E-state index is 11.2. The van der Waals surface area contributed by atoms with E-state index in [9.17, 15) is 15.0 Å². The molecule has 78 valence electrons. The summed E-state index contributed by atoms with van der Waals surface area (Å²) in [7, 11) is 0. The van der Waals surface area contributed by atoms with Gasteiger partial charge in [0.25, 0.3) is 0 Å². The third kappa shape index (κ3) is 4.39. The van der Waals surface area contributed by atoms with Gasteiger partial charge in [-0.2, -0.15) is 0 Å². The van der Waals surface area contributed by atoms with Crippen LogP contribution in [0.2, 0.25) is 0 Å². The second-order valence-corrected chi connectivity index (χ2v) is 3.75. The van der Waals surface area contributed by atoms with Crippen LogP contribution < -0.4 is 0 Å². The average Bonchev–Trinajstić information content (AvgIpc) is 2.11. The Balaban J connectivity index is 3.94. The Morgan fingerprint density at radius 3 is 2.23 bits per heavy atom. The molecule has 0 fully saturated rings. The molecule has 0 radical (unpaired) electrons. The zero-order valence-corrected chi connectivity index (χ0v) is 8.66. The minimum absolute atomic E-state index is 0.0828. The zero-order chi connectivity index (χ0) is 10.4. The van der Waals surface area contributed by atoms with E-state index in [4.69, 9.17) is 0 Å². The first kappa shape index (κ1) is 12.6. The molecule has 0 aromatic heterocycles. The summed E-state index contributed by atoms with van der Waals surface area (Å²) in [4.78, 5) is 11.2. The van der Waals surface area contributed by atoms with E-state index < -0.39 is 12.2 Å². The van der Waals surface area contributed by atoms with Crippen molar-refractivity contribution < 1.29 is 15.0 Å². The van der Waals surface area contributed by atoms with E-state index in [-0.39, 0.29) is 11.7 Å². The predicted octanol–water partition coefficient (Wildman–Crippen LogP) is 1.12. The minimum Gasteiger partial charge on any atom is -0.390 e. The molecule has 0 amide bonds. The molecule has 3 heteroatoms. The lowest BCUT2D eigenvalue weighted by atomic mass is 9.97. The number of unbranched alkanes of at least 4 members (excludes halogenated alkanes) is 1. The Kier molecular flexibility index (Phi) is 5.91. The molecule has 0 aromatic carbocycles. The number of aliphatic hydroxyl groups is 2. The van der Waals surface area contributed by atoms with Crippen LogP contribution in [0.4, 0.5) is 0 Å². The van der Waals surface area contributed by atoms with Gasteiger partial charge in [-0.05, 0) is 12.3 Å². The Hall–Kier alpha value is -0.410. The Morgan fingerprint density at radius 2 is 1.85 bits per heavy atom. The van der Waals surface area contributed by atoms with Gasteiger partial charge in [0.15, 0.2) is 5.78 Å². The highest BCUT2D eigenvalue weighted by molar-refractivity contribution is 5.83. The van der Waals surface area contributed by atoms with Crippen molar-refractivity contribution in [2.45, 2.75) is 52.2 Å². The molecule has 0 aliphatic carbocycles. The molecule has 13 heavy (non-hydrogen) atoms. The molecule has 0 spiro atoms. The molecule has 0 aliphatic heterocycles. The van der Waals surface area contributed by atoms with E-state index in [2.05, 4.69) is 0 Å². The highest BCUT2D eigenvalue weighted by Crippen LogP contribution is 2.09. The van der Waals surface area contributed by atoms with Crippen molar-refractivity contribution >= 4 is 5.78 Å². The van der Waals surface area contributed by atoms with Crippen LogP contribution in [0, 0.1) is 5.92 Å². The molecule has 2 N–H and O–H groups in total. The first-order chi connectivity index (χ1) is 6.00. The molecule has 3 nitrogen and oxygen atoms in total. The van der Waals surface area contributed by atoms with Crippen molar-refractivity contribution in [3.63, 3.8) is 0 Å². The second kappa shape index (κ2) is 6.11. The van der Waals surface area contributed by atoms with E-state index in [1.165, 1.54) is 0 Å². The lowest BCUT2D eigenvalue weighted by molar-refractivity contribution is -0.134. The van der Waals surface area contributed by atoms with E-state index >= 15 is 0 Å². The number of hydrogen-bond donors (Lipinski definition) is 2. The smallest absolute Gasteiger partial charge is 0.163 e. The zero-order valence-electron chi connectivity index (χ0n) is 8.66. The van der Waals surface area contributed by atoms with Gasteiger partial charge in [-0.3, -0.25) is 4.79 Å². The monoisotopic (exact) mass is 188 g/mol. The highest BCUT2D eigenvalue weighted by Gasteiger charge is 2.25. The number of ketones is 1. The maximum Gasteiger partial charge on any atom is 0.163 e. The topological polar surface area (TPSA) is 57.5 Å². The number of aliphatic hydroxyl groups excluding tert-OH is 2. The molecule has 0 saturated carbocycles. The van der Waals surface area contributed by atoms with Gasteiger partial charge >= 0.3 is 0 Å². The first-order valence-corrected chi connectivity index (χ1v) is 4.89. The highest BCUT2D eigenvalue weighted by atomic mass is 16.3. The lowest BCUT2D eigenvalue weighted by Crippen LogP contribution is -2.37. The summed E-state index contributed by atoms with van der Waals surface area (Å²) in [5.74, 6) is -0.330. The third-order valence-electron chi connectivity index (χ3n) is 2.11. The Morgan fingerprint density at radius 1 is 1.31 bits per heavy atom. The predicted molar refractivity (Wildman–Crippen MR) is 51.4 cm³/mol. The number of hydrogen-bond acceptors (Lipinski definition) is 3. The van der Waals surface area contributed by atoms with E-state index in [1.54, 1.807) is 13.8 Å². The Labute approximate surface area is 79.8 Å². The molecule has 0 aromatic rings. The lowest BCUT2D eigenvalue weighted by Gasteiger charge is -2.19. The molecular formula is C10H20O3. The van der Waals surface area contributed by atoms with Gasteiger partial charge < -0.3 is 10.2 Å². The molecule has 0 rings (SSSR count). The van der Waals surface area contributed by atoms with Crippen LogP contribution >= 0.6 is 0 Å². The quantitative estimate of drug-likeness (QED) is 0.656. The van der Waals surface area contributed by atoms with Crippen LogP contribution in [0.15, 0.2) is 0 Å². The molecule has 0 bridgehead atoms. The van der Waals surface area contributed by atoms with Gasteiger partial charge in [0, 0.05) is 6.42 Å². The minimum atomic E-state index is -1.20. The number of Topliss-reactive ketones (excluding diaryl/α,β-unsaturated/α-hetero) is 1. The van der Waals surface area contributed by atoms with Gasteiger partial charge in [0.1, 0.15) is 6.10 Å². The summed E-state index contributed by atoms with van der Waals surface area (Å²) in [6.45, 7) is 5.54. The van der Waals surface area contributed by atoms with Crippen molar-refractivity contribution in [2.75, 3.05) is 0 Å². The van der Waals surface area contributed by atoms with Crippen LogP contribution in [0.3, 0.4) is 0 Å². The van der Waals surface area contributed by atoms with Gasteiger partial charge in [-0.25, -0.2) is 0 Å². The SMILES string of the molecule is CCCCC(=O)[C@@H](O)[C@H](O)C(C)C. The molecule has 0 unspecified atom stereocenters. The molecular weight excluding hydrogens is 168 g/mol. The van der Waals surface area contributed by atoms with Crippen LogP contribution in [0.5, 0.6) is 0 Å². The first-order valence-electron chi connectivity index (χ1n) is 4.89. The fourth-order valence-electron chi connectivity index (χ4n) is 1.05. The summed E-state index contributed by atoms with van der Waals surface area (Å²) in [6, 6.07) is 0. The van der Waals surface area contributed by atoms with Crippen molar-refractivity contribution in [3.05, 3.63) is 0 Å². The van der Waals surface area contributed by atoms with Crippen LogP contribution in [0.25, 0.3) is 0 Å². The second-order valence-electron chi connectivity index (χ2n) is 3.75. The van der Waals surface area contributed by atoms with Crippen molar-refractivity contribution in [3.8, 4) is 0 Å². The van der Waals surface area contributed by atoms with Crippen molar-refractivity contribution in [2.24, 2.45) is 5.92 Å². The maximum atomic E-state index is 11.2. The summed E-state index contributed by atoms with van der Waals surface area (Å²) in [6.07, 6.45) is -0.0609. The van der Waals surface area contributed by atoms with Gasteiger partial charge in [-0.1, -0.05) is 27.2 Å². The summed E-state index contributed by atoms with van der Waals surface area (Å²) in [5, 5.41) is 18.8. The van der Waals surface area contributed by atoms with E-state index in [0.717, 1.165) is 12.8 Å². The number of rotatable bonds is 6. The van der Waals surface area contributed by atoms with Crippen molar-refractivity contribution in [1.82, 2.24) is 0 Å². The number of carbonyl (C=O) groups is 1. The summed E-state index contributed by atoms with van der Waals surface area (Å²) in [5.41, 5.74) is 0. The summed E-state index contributed by atoms with van der Waals surface area (Å²) < 4.78 is 0. The van der Waals surface area contributed by atoms with E-state index in [1.807, 2.05) is 6.92 Å². The molecule has 0 aliphatic rings. The standard InChI is InChI=1S/C10H20O3/c1-4-5-6-8(11)10(13)9(12)7(2)3/h7,9-10,12-13H,4-6H2,1-3H3/t9-,10-/m1/s1. The molecule has 0 heterocycles. The Bertz CT molecular complexity index is 154. The van der Waals surface area contributed by atoms with Gasteiger partial charge in [0.2, 0.25) is 0 Å². The largest absolute Gasteiger partial charge is 0.390 e. The van der Waals surface area contributed by atoms with Crippen molar-refractivity contribution in [1.29, 1.82) is 0 Å². The third-order valence-corrected chi connectivity index (χ3v) is 2.11. The van der Waals surface area contributed by atoms with Crippen LogP contribution in [0.1, 0.15) is 40.0 Å². The molecule has 2 atom stereocenters. The molecule has 0 saturated heterocycles. The van der Waals surface area contributed by atoms with E-state index in [0.29, 0.717) is 6.42 Å². The number of carbonyl (C=O) groups excluding carboxylic acids is 1. The van der Waals surface area contributed by atoms with Gasteiger partial charge in [0.05, 0.1) is 6.10 Å². The normalized spacial score (nSPS) is 15.8. The fraction of sp³-hybridized carbons (Fsp3) is 0.900. The summed E-state index contributed by atoms with van der Waals surface area (Å²) >= 11 is 0. The van der Waals surface area contributed by atoms with Gasteiger partial charge in [-0.15, -0.1) is 0 Å². The van der Waals surface area contributed by atoms with Crippen LogP contribution in [-0.2, 0) is 4.79 Å². The fourth-order valence-corrected chi connectivity index (χ4v) is 1.05.